The van der Waals surface area contributed by atoms with Crippen molar-refractivity contribution in [3.8, 4) is 0 Å². The Morgan fingerprint density at radius 2 is 1.95 bits per heavy atom. The molecular weight excluding hydrogens is 484 g/mol. The zero-order valence-corrected chi connectivity index (χ0v) is 21.9. The molecule has 5 rings (SSSR count). The summed E-state index contributed by atoms with van der Waals surface area (Å²) >= 11 is 1.59. The average molecular weight is 519 g/mol. The van der Waals surface area contributed by atoms with Crippen LogP contribution in [0.25, 0.3) is 0 Å². The zero-order valence-electron chi connectivity index (χ0n) is 21.1. The molecule has 2 aromatic carbocycles. The smallest absolute Gasteiger partial charge is 0.254 e. The van der Waals surface area contributed by atoms with Crippen molar-refractivity contribution in [2.45, 2.75) is 63.3 Å². The van der Waals surface area contributed by atoms with E-state index >= 15 is 0 Å². The van der Waals surface area contributed by atoms with E-state index in [1.165, 1.54) is 0 Å². The molecule has 194 valence electrons. The van der Waals surface area contributed by atoms with E-state index in [-0.39, 0.29) is 23.9 Å². The molecule has 2 aliphatic rings. The molecule has 3 aromatic rings. The Balaban J connectivity index is 1.32. The second kappa shape index (κ2) is 11.5. The Kier molecular flexibility index (Phi) is 7.98. The third-order valence-corrected chi connectivity index (χ3v) is 8.41. The van der Waals surface area contributed by atoms with Crippen molar-refractivity contribution in [1.82, 2.24) is 20.5 Å². The third kappa shape index (κ3) is 5.92. The first-order valence-electron chi connectivity index (χ1n) is 13.1. The molecule has 1 aromatic heterocycles. The van der Waals surface area contributed by atoms with Crippen LogP contribution in [0.5, 0.6) is 0 Å². The second-order valence-corrected chi connectivity index (χ2v) is 10.9. The van der Waals surface area contributed by atoms with Gasteiger partial charge in [0.2, 0.25) is 0 Å². The maximum Gasteiger partial charge on any atom is 0.254 e. The summed E-state index contributed by atoms with van der Waals surface area (Å²) in [5, 5.41) is 20.6. The van der Waals surface area contributed by atoms with E-state index in [2.05, 4.69) is 15.6 Å². The number of hydrogen-bond acceptors (Lipinski definition) is 6. The van der Waals surface area contributed by atoms with E-state index in [0.717, 1.165) is 48.5 Å². The monoisotopic (exact) mass is 518 g/mol. The molecular formula is C29H34N4O3S. The van der Waals surface area contributed by atoms with Crippen LogP contribution in [0.2, 0.25) is 0 Å². The maximum atomic E-state index is 13.5. The summed E-state index contributed by atoms with van der Waals surface area (Å²) < 4.78 is 0. The van der Waals surface area contributed by atoms with Crippen LogP contribution in [-0.2, 0) is 6.42 Å². The van der Waals surface area contributed by atoms with Crippen molar-refractivity contribution in [2.24, 2.45) is 0 Å². The Morgan fingerprint density at radius 3 is 2.68 bits per heavy atom. The first kappa shape index (κ1) is 25.6. The fraction of sp³-hybridized carbons (Fsp3) is 0.414. The lowest BCUT2D eigenvalue weighted by Gasteiger charge is -2.29. The number of aliphatic hydroxyl groups is 1. The van der Waals surface area contributed by atoms with Gasteiger partial charge in [0.1, 0.15) is 5.01 Å². The van der Waals surface area contributed by atoms with Crippen molar-refractivity contribution in [1.29, 1.82) is 0 Å². The van der Waals surface area contributed by atoms with Crippen LogP contribution in [0.3, 0.4) is 0 Å². The number of amides is 2. The van der Waals surface area contributed by atoms with Gasteiger partial charge in [0.05, 0.1) is 18.2 Å². The van der Waals surface area contributed by atoms with Crippen LogP contribution in [0.1, 0.15) is 68.7 Å². The summed E-state index contributed by atoms with van der Waals surface area (Å²) in [6, 6.07) is 16.3. The minimum absolute atomic E-state index is 0.0204. The van der Waals surface area contributed by atoms with Crippen molar-refractivity contribution >= 4 is 23.2 Å². The number of nitrogens with zero attached hydrogens (tertiary/aromatic N) is 2. The average Bonchev–Trinajstić information content (AvgIpc) is 3.70. The van der Waals surface area contributed by atoms with Crippen LogP contribution in [-0.4, -0.2) is 58.1 Å². The second-order valence-electron chi connectivity index (χ2n) is 10.0. The summed E-state index contributed by atoms with van der Waals surface area (Å²) in [5.74, 6) is -0.373. The predicted octanol–water partition coefficient (Wildman–Crippen LogP) is 3.88. The molecule has 4 unspecified atom stereocenters. The summed E-state index contributed by atoms with van der Waals surface area (Å²) in [5.41, 5.74) is 2.92. The van der Waals surface area contributed by atoms with E-state index in [9.17, 15) is 14.7 Å². The van der Waals surface area contributed by atoms with Crippen molar-refractivity contribution in [3.63, 3.8) is 0 Å². The van der Waals surface area contributed by atoms with Crippen LogP contribution in [0.15, 0.2) is 60.0 Å². The minimum atomic E-state index is -0.719. The molecule has 3 heterocycles. The van der Waals surface area contributed by atoms with Crippen LogP contribution in [0, 0.1) is 6.92 Å². The van der Waals surface area contributed by atoms with E-state index < -0.39 is 12.1 Å². The zero-order chi connectivity index (χ0) is 25.8. The van der Waals surface area contributed by atoms with Gasteiger partial charge in [-0.15, -0.1) is 11.3 Å². The van der Waals surface area contributed by atoms with E-state index in [1.54, 1.807) is 35.6 Å². The number of benzene rings is 2. The van der Waals surface area contributed by atoms with Crippen molar-refractivity contribution < 1.29 is 14.7 Å². The number of rotatable bonds is 8. The van der Waals surface area contributed by atoms with Gasteiger partial charge in [-0.25, -0.2) is 4.98 Å². The molecule has 0 bridgehead atoms. The lowest BCUT2D eigenvalue weighted by atomic mass is 9.95. The highest BCUT2D eigenvalue weighted by Gasteiger charge is 2.34. The summed E-state index contributed by atoms with van der Waals surface area (Å²) in [7, 11) is 0. The fourth-order valence-corrected chi connectivity index (χ4v) is 6.35. The molecule has 2 amide bonds. The third-order valence-electron chi connectivity index (χ3n) is 7.35. The summed E-state index contributed by atoms with van der Waals surface area (Å²) in [6.45, 7) is 3.52. The molecule has 0 radical (unpaired) electrons. The van der Waals surface area contributed by atoms with Crippen LogP contribution < -0.4 is 10.6 Å². The van der Waals surface area contributed by atoms with Gasteiger partial charge in [-0.2, -0.15) is 0 Å². The Hall–Kier alpha value is -3.07. The lowest BCUT2D eigenvalue weighted by molar-refractivity contribution is 0.0733. The highest BCUT2D eigenvalue weighted by Crippen LogP contribution is 2.34. The van der Waals surface area contributed by atoms with Crippen LogP contribution in [0.4, 0.5) is 0 Å². The Labute approximate surface area is 221 Å². The molecule has 2 fully saturated rings. The minimum Gasteiger partial charge on any atom is -0.389 e. The topological polar surface area (TPSA) is 94.6 Å². The highest BCUT2D eigenvalue weighted by molar-refractivity contribution is 7.09. The molecule has 2 saturated heterocycles. The molecule has 4 atom stereocenters. The normalized spacial score (nSPS) is 21.1. The Bertz CT molecular complexity index is 1220. The maximum absolute atomic E-state index is 13.5. The molecule has 0 spiro atoms. The molecule has 0 aliphatic carbocycles. The number of aromatic nitrogens is 1. The van der Waals surface area contributed by atoms with Gasteiger partial charge < -0.3 is 20.6 Å². The molecule has 3 N–H and O–H groups in total. The molecule has 8 heteroatoms. The first-order valence-corrected chi connectivity index (χ1v) is 14.0. The van der Waals surface area contributed by atoms with Crippen molar-refractivity contribution in [3.05, 3.63) is 87.4 Å². The standard InChI is InChI=1S/C29H34N4O3S/c1-19-18-37-28(31-19)25-13-7-15-33(25)29(36)22-11-5-10-21(17-22)27(35)32-24(16-20-8-3-2-4-9-20)26(34)23-12-6-14-30-23/h2-5,8-11,17-18,23-26,30,34H,6-7,12-16H2,1H3,(H,32,35). The number of nitrogens with one attached hydrogen (secondary N) is 2. The number of carbonyl (C=O) groups excluding carboxylic acids is 2. The summed E-state index contributed by atoms with van der Waals surface area (Å²) in [6.07, 6.45) is 3.52. The quantitative estimate of drug-likeness (QED) is 0.421. The van der Waals surface area contributed by atoms with Gasteiger partial charge in [0.15, 0.2) is 0 Å². The van der Waals surface area contributed by atoms with E-state index in [1.807, 2.05) is 47.5 Å². The van der Waals surface area contributed by atoms with E-state index in [0.29, 0.717) is 24.1 Å². The van der Waals surface area contributed by atoms with E-state index in [4.69, 9.17) is 0 Å². The fourth-order valence-electron chi connectivity index (χ4n) is 5.41. The lowest BCUT2D eigenvalue weighted by Crippen LogP contribution is -2.52. The summed E-state index contributed by atoms with van der Waals surface area (Å²) in [4.78, 5) is 33.3. The number of hydrogen-bond donors (Lipinski definition) is 3. The highest BCUT2D eigenvalue weighted by atomic mass is 32.1. The van der Waals surface area contributed by atoms with Gasteiger partial charge in [-0.1, -0.05) is 36.4 Å². The molecule has 7 nitrogen and oxygen atoms in total. The van der Waals surface area contributed by atoms with Crippen molar-refractivity contribution in [2.75, 3.05) is 13.1 Å². The number of aryl methyl sites for hydroxylation is 1. The number of likely N-dealkylation sites (tertiary alicyclic amines) is 1. The first-order chi connectivity index (χ1) is 18.0. The molecule has 0 saturated carbocycles. The Morgan fingerprint density at radius 1 is 1.14 bits per heavy atom. The van der Waals surface area contributed by atoms with Gasteiger partial charge in [-0.05, 0) is 69.3 Å². The van der Waals surface area contributed by atoms with Crippen LogP contribution >= 0.6 is 11.3 Å². The SMILES string of the molecule is Cc1csc(C2CCCN2C(=O)c2cccc(C(=O)NC(Cc3ccccc3)C(O)C3CCCN3)c2)n1. The van der Waals surface area contributed by atoms with Gasteiger partial charge >= 0.3 is 0 Å². The number of aliphatic hydroxyl groups excluding tert-OH is 1. The predicted molar refractivity (Wildman–Crippen MR) is 145 cm³/mol. The molecule has 37 heavy (non-hydrogen) atoms. The number of thiazole rings is 1. The number of carbonyl (C=O) groups is 2. The van der Waals surface area contributed by atoms with Gasteiger partial charge in [0.25, 0.3) is 11.8 Å². The van der Waals surface area contributed by atoms with Gasteiger partial charge in [-0.3, -0.25) is 9.59 Å². The molecule has 2 aliphatic heterocycles. The largest absolute Gasteiger partial charge is 0.389 e. The van der Waals surface area contributed by atoms with Gasteiger partial charge in [0, 0.05) is 34.8 Å².